The molecule has 2 heterocycles. The van der Waals surface area contributed by atoms with Crippen LogP contribution in [0.25, 0.3) is 0 Å². The van der Waals surface area contributed by atoms with Crippen LogP contribution in [0.15, 0.2) is 42.5 Å². The van der Waals surface area contributed by atoms with E-state index in [0.29, 0.717) is 19.6 Å². The molecular formula is C25H29ClN2O3S. The van der Waals surface area contributed by atoms with E-state index < -0.39 is 5.60 Å². The molecule has 2 aromatic rings. The molecular weight excluding hydrogens is 444 g/mol. The molecule has 4 rings (SSSR count). The van der Waals surface area contributed by atoms with Gasteiger partial charge in [-0.05, 0) is 57.4 Å². The number of rotatable bonds is 3. The Labute approximate surface area is 200 Å². The summed E-state index contributed by atoms with van der Waals surface area (Å²) in [5, 5.41) is 0.729. The minimum Gasteiger partial charge on any atom is -0.497 e. The molecule has 32 heavy (non-hydrogen) atoms. The number of amides is 1. The Hall–Kier alpha value is -2.31. The Morgan fingerprint density at radius 3 is 2.38 bits per heavy atom. The summed E-state index contributed by atoms with van der Waals surface area (Å²) in [6.45, 7) is 7.50. The van der Waals surface area contributed by atoms with E-state index in [4.69, 9.17) is 33.3 Å². The third-order valence-corrected chi connectivity index (χ3v) is 6.97. The van der Waals surface area contributed by atoms with Crippen molar-refractivity contribution < 1.29 is 14.3 Å². The maximum atomic E-state index is 12.7. The van der Waals surface area contributed by atoms with Crippen molar-refractivity contribution in [1.29, 1.82) is 0 Å². The summed E-state index contributed by atoms with van der Waals surface area (Å²) >= 11 is 12.7. The fraction of sp³-hybridized carbons (Fsp3) is 0.440. The molecule has 2 aliphatic heterocycles. The van der Waals surface area contributed by atoms with Gasteiger partial charge in [-0.3, -0.25) is 0 Å². The van der Waals surface area contributed by atoms with Crippen LogP contribution < -0.4 is 4.74 Å². The molecule has 0 unspecified atom stereocenters. The number of methoxy groups -OCH3 is 1. The summed E-state index contributed by atoms with van der Waals surface area (Å²) in [6.07, 6.45) is 1.20. The van der Waals surface area contributed by atoms with E-state index in [1.165, 1.54) is 0 Å². The zero-order valence-corrected chi connectivity index (χ0v) is 20.6. The summed E-state index contributed by atoms with van der Waals surface area (Å²) in [4.78, 5) is 17.6. The molecule has 1 fully saturated rings. The third kappa shape index (κ3) is 4.18. The van der Waals surface area contributed by atoms with Crippen LogP contribution >= 0.6 is 23.8 Å². The second-order valence-corrected chi connectivity index (χ2v) is 10.2. The molecule has 0 saturated carbocycles. The molecule has 2 aliphatic rings. The van der Waals surface area contributed by atoms with Gasteiger partial charge in [-0.1, -0.05) is 48.1 Å². The second kappa shape index (κ2) is 8.56. The number of ether oxygens (including phenoxy) is 2. The summed E-state index contributed by atoms with van der Waals surface area (Å²) in [6, 6.07) is 14.0. The lowest BCUT2D eigenvalue weighted by Crippen LogP contribution is -2.52. The Morgan fingerprint density at radius 2 is 1.78 bits per heavy atom. The number of halogens is 1. The van der Waals surface area contributed by atoms with Gasteiger partial charge in [0.2, 0.25) is 0 Å². The number of carbonyl (C=O) groups is 1. The van der Waals surface area contributed by atoms with Crippen molar-refractivity contribution in [2.75, 3.05) is 20.2 Å². The molecule has 0 aliphatic carbocycles. The predicted molar refractivity (Wildman–Crippen MR) is 130 cm³/mol. The highest BCUT2D eigenvalue weighted by Gasteiger charge is 2.51. The van der Waals surface area contributed by atoms with E-state index in [9.17, 15) is 4.79 Å². The lowest BCUT2D eigenvalue weighted by molar-refractivity contribution is 0.00602. The lowest BCUT2D eigenvalue weighted by Gasteiger charge is -2.46. The molecule has 0 N–H and O–H groups in total. The van der Waals surface area contributed by atoms with E-state index in [-0.39, 0.29) is 11.6 Å². The largest absolute Gasteiger partial charge is 0.497 e. The van der Waals surface area contributed by atoms with E-state index in [1.54, 1.807) is 12.0 Å². The van der Waals surface area contributed by atoms with Crippen molar-refractivity contribution in [1.82, 2.24) is 9.80 Å². The Morgan fingerprint density at radius 1 is 1.12 bits per heavy atom. The minimum atomic E-state index is -0.516. The first-order valence-electron chi connectivity index (χ1n) is 10.9. The number of carbonyl (C=O) groups excluding carboxylic acids is 1. The lowest BCUT2D eigenvalue weighted by atomic mass is 9.80. The van der Waals surface area contributed by atoms with Crippen LogP contribution in [0, 0.1) is 0 Å². The van der Waals surface area contributed by atoms with Gasteiger partial charge in [0.1, 0.15) is 16.3 Å². The second-order valence-electron chi connectivity index (χ2n) is 9.40. The third-order valence-electron chi connectivity index (χ3n) is 6.21. The molecule has 1 spiro atoms. The molecule has 170 valence electrons. The van der Waals surface area contributed by atoms with E-state index in [2.05, 4.69) is 23.1 Å². The summed E-state index contributed by atoms with van der Waals surface area (Å²) < 4.78 is 10.9. The van der Waals surface area contributed by atoms with Crippen molar-refractivity contribution in [3.05, 3.63) is 64.2 Å². The fourth-order valence-electron chi connectivity index (χ4n) is 4.69. The molecule has 1 saturated heterocycles. The molecule has 2 aromatic carbocycles. The van der Waals surface area contributed by atoms with Crippen molar-refractivity contribution in [3.8, 4) is 5.75 Å². The van der Waals surface area contributed by atoms with Crippen molar-refractivity contribution in [3.63, 3.8) is 0 Å². The van der Waals surface area contributed by atoms with Gasteiger partial charge in [0.15, 0.2) is 0 Å². The number of hydrogen-bond acceptors (Lipinski definition) is 4. The molecule has 1 amide bonds. The van der Waals surface area contributed by atoms with Gasteiger partial charge in [0, 0.05) is 35.8 Å². The number of nitrogens with zero attached hydrogens (tertiary/aromatic N) is 2. The van der Waals surface area contributed by atoms with E-state index in [0.717, 1.165) is 45.3 Å². The standard InChI is InChI=1S/C25H29ClN2O3S/c1-24(2,3)31-23(29)27-14-12-25(13-15-27)21-19(6-5-7-20(21)26)22(32)28(25)16-17-8-10-18(30-4)11-9-17/h5-11H,12-16H2,1-4H3. The fourth-order valence-corrected chi connectivity index (χ4v) is 5.45. The highest BCUT2D eigenvalue weighted by molar-refractivity contribution is 7.80. The van der Waals surface area contributed by atoms with E-state index >= 15 is 0 Å². The highest BCUT2D eigenvalue weighted by atomic mass is 35.5. The Bertz CT molecular complexity index is 1020. The monoisotopic (exact) mass is 472 g/mol. The normalized spacial score (nSPS) is 17.5. The van der Waals surface area contributed by atoms with Crippen LogP contribution in [0.1, 0.15) is 50.3 Å². The topological polar surface area (TPSA) is 42.0 Å². The minimum absolute atomic E-state index is 0.269. The first kappa shape index (κ1) is 22.9. The van der Waals surface area contributed by atoms with Gasteiger partial charge in [-0.15, -0.1) is 0 Å². The molecule has 0 atom stereocenters. The molecule has 0 aromatic heterocycles. The van der Waals surface area contributed by atoms with Crippen LogP contribution in [0.4, 0.5) is 4.79 Å². The SMILES string of the molecule is COc1ccc(CN2C(=S)c3cccc(Cl)c3C23CCN(C(=O)OC(C)(C)C)CC3)cc1. The molecule has 5 nitrogen and oxygen atoms in total. The summed E-state index contributed by atoms with van der Waals surface area (Å²) in [7, 11) is 1.66. The molecule has 7 heteroatoms. The number of likely N-dealkylation sites (tertiary alicyclic amines) is 1. The first-order chi connectivity index (χ1) is 15.1. The maximum Gasteiger partial charge on any atom is 0.410 e. The molecule has 0 bridgehead atoms. The number of fused-ring (bicyclic) bond motifs is 2. The van der Waals surface area contributed by atoms with Crippen LogP contribution in [0.5, 0.6) is 5.75 Å². The van der Waals surface area contributed by atoms with Gasteiger partial charge in [-0.25, -0.2) is 4.79 Å². The number of benzene rings is 2. The highest BCUT2D eigenvalue weighted by Crippen LogP contribution is 2.50. The van der Waals surface area contributed by atoms with Gasteiger partial charge in [-0.2, -0.15) is 0 Å². The maximum absolute atomic E-state index is 12.7. The van der Waals surface area contributed by atoms with Gasteiger partial charge in [0.05, 0.1) is 12.6 Å². The number of piperidine rings is 1. The first-order valence-corrected chi connectivity index (χ1v) is 11.6. The van der Waals surface area contributed by atoms with Crippen LogP contribution in [-0.2, 0) is 16.8 Å². The van der Waals surface area contributed by atoms with Crippen molar-refractivity contribution in [2.45, 2.75) is 51.3 Å². The van der Waals surface area contributed by atoms with Crippen LogP contribution in [0.2, 0.25) is 5.02 Å². The van der Waals surface area contributed by atoms with Crippen molar-refractivity contribution >= 4 is 34.9 Å². The summed E-state index contributed by atoms with van der Waals surface area (Å²) in [5.74, 6) is 0.824. The zero-order chi connectivity index (χ0) is 23.1. The van der Waals surface area contributed by atoms with Gasteiger partial charge in [0.25, 0.3) is 0 Å². The van der Waals surface area contributed by atoms with Gasteiger partial charge < -0.3 is 19.3 Å². The Kier molecular flexibility index (Phi) is 6.12. The molecule has 0 radical (unpaired) electrons. The smallest absolute Gasteiger partial charge is 0.410 e. The van der Waals surface area contributed by atoms with Crippen molar-refractivity contribution in [2.24, 2.45) is 0 Å². The average molecular weight is 473 g/mol. The van der Waals surface area contributed by atoms with Crippen LogP contribution in [-0.4, -0.2) is 46.7 Å². The van der Waals surface area contributed by atoms with E-state index in [1.807, 2.05) is 45.0 Å². The summed E-state index contributed by atoms with van der Waals surface area (Å²) in [5.41, 5.74) is 2.39. The quantitative estimate of drug-likeness (QED) is 0.531. The number of thiocarbonyl (C=S) groups is 1. The zero-order valence-electron chi connectivity index (χ0n) is 19.0. The van der Waals surface area contributed by atoms with Gasteiger partial charge >= 0.3 is 6.09 Å². The Balaban J connectivity index is 1.64. The van der Waals surface area contributed by atoms with Crippen LogP contribution in [0.3, 0.4) is 0 Å². The number of hydrogen-bond donors (Lipinski definition) is 0. The average Bonchev–Trinajstić information content (AvgIpc) is 2.97. The predicted octanol–water partition coefficient (Wildman–Crippen LogP) is 5.77.